The highest BCUT2D eigenvalue weighted by Crippen LogP contribution is 2.48. The second kappa shape index (κ2) is 6.72. The van der Waals surface area contributed by atoms with Crippen molar-refractivity contribution in [3.63, 3.8) is 0 Å². The minimum Gasteiger partial charge on any atom is -0.447 e. The Morgan fingerprint density at radius 1 is 1.15 bits per heavy atom. The summed E-state index contributed by atoms with van der Waals surface area (Å²) in [6.07, 6.45) is 0.643. The van der Waals surface area contributed by atoms with Crippen LogP contribution in [0, 0.1) is 11.8 Å². The molecule has 0 saturated carbocycles. The van der Waals surface area contributed by atoms with Crippen molar-refractivity contribution < 1.29 is 23.9 Å². The molecule has 26 heavy (non-hydrogen) atoms. The van der Waals surface area contributed by atoms with Gasteiger partial charge in [0.05, 0.1) is 40.6 Å². The summed E-state index contributed by atoms with van der Waals surface area (Å²) in [5.41, 5.74) is 0.431. The fourth-order valence-corrected chi connectivity index (χ4v) is 4.25. The van der Waals surface area contributed by atoms with Crippen LogP contribution in [0.5, 0.6) is 0 Å². The first-order valence-corrected chi connectivity index (χ1v) is 9.11. The highest BCUT2D eigenvalue weighted by Gasteiger charge is 2.62. The number of amides is 3. The van der Waals surface area contributed by atoms with Crippen LogP contribution in [0.25, 0.3) is 0 Å². The molecule has 7 nitrogen and oxygen atoms in total. The van der Waals surface area contributed by atoms with Gasteiger partial charge in [0.2, 0.25) is 11.8 Å². The van der Waals surface area contributed by atoms with Gasteiger partial charge in [0.1, 0.15) is 6.61 Å². The van der Waals surface area contributed by atoms with Crippen LogP contribution in [0.3, 0.4) is 0 Å². The molecule has 0 aromatic heterocycles. The molecule has 3 aliphatic rings. The molecule has 1 aromatic carbocycles. The Balaban J connectivity index is 1.29. The summed E-state index contributed by atoms with van der Waals surface area (Å²) in [7, 11) is 0. The Morgan fingerprint density at radius 3 is 2.42 bits per heavy atom. The molecule has 3 aliphatic heterocycles. The third-order valence-corrected chi connectivity index (χ3v) is 5.83. The zero-order valence-corrected chi connectivity index (χ0v) is 15.1. The van der Waals surface area contributed by atoms with E-state index in [4.69, 9.17) is 32.7 Å². The van der Waals surface area contributed by atoms with Crippen molar-refractivity contribution in [1.29, 1.82) is 0 Å². The van der Waals surface area contributed by atoms with E-state index in [9.17, 15) is 14.4 Å². The summed E-state index contributed by atoms with van der Waals surface area (Å²) in [6, 6.07) is 4.63. The second-order valence-corrected chi connectivity index (χ2v) is 7.37. The number of halogens is 2. The van der Waals surface area contributed by atoms with E-state index in [1.165, 1.54) is 11.0 Å². The van der Waals surface area contributed by atoms with Crippen molar-refractivity contribution in [3.05, 3.63) is 28.2 Å². The number of carbonyl (C=O) groups excluding carboxylic acids is 3. The molecule has 1 aromatic rings. The van der Waals surface area contributed by atoms with Gasteiger partial charge in [-0.1, -0.05) is 23.2 Å². The van der Waals surface area contributed by atoms with Gasteiger partial charge in [-0.3, -0.25) is 19.8 Å². The first-order valence-electron chi connectivity index (χ1n) is 8.35. The number of hydrogen-bond donors (Lipinski definition) is 1. The number of nitrogens with zero attached hydrogens (tertiary/aromatic N) is 1. The third kappa shape index (κ3) is 2.94. The molecule has 138 valence electrons. The predicted molar refractivity (Wildman–Crippen MR) is 93.0 cm³/mol. The minimum absolute atomic E-state index is 0.0406. The fraction of sp³-hybridized carbons (Fsp3) is 0.471. The molecule has 3 heterocycles. The first kappa shape index (κ1) is 17.6. The lowest BCUT2D eigenvalue weighted by atomic mass is 9.81. The standard InChI is InChI=1S/C17H16Cl2N2O5/c18-9-2-1-8(7-10(9)19)20-17(24)25-6-5-21-15(22)13-11-3-4-12(26-11)14(13)16(21)23/h1-2,7,11-14H,3-6H2,(H,20,24). The van der Waals surface area contributed by atoms with Crippen molar-refractivity contribution in [2.24, 2.45) is 11.8 Å². The smallest absolute Gasteiger partial charge is 0.411 e. The van der Waals surface area contributed by atoms with Crippen LogP contribution in [0.2, 0.25) is 10.0 Å². The zero-order chi connectivity index (χ0) is 18.4. The van der Waals surface area contributed by atoms with Gasteiger partial charge in [-0.15, -0.1) is 0 Å². The van der Waals surface area contributed by atoms with Gasteiger partial charge in [-0.25, -0.2) is 4.79 Å². The van der Waals surface area contributed by atoms with Gasteiger partial charge in [-0.2, -0.15) is 0 Å². The van der Waals surface area contributed by atoms with Crippen molar-refractivity contribution in [2.75, 3.05) is 18.5 Å². The largest absolute Gasteiger partial charge is 0.447 e. The topological polar surface area (TPSA) is 84.9 Å². The Labute approximate surface area is 159 Å². The van der Waals surface area contributed by atoms with Crippen molar-refractivity contribution in [2.45, 2.75) is 25.0 Å². The molecule has 3 saturated heterocycles. The number of ether oxygens (including phenoxy) is 2. The van der Waals surface area contributed by atoms with E-state index in [1.807, 2.05) is 0 Å². The van der Waals surface area contributed by atoms with Crippen LogP contribution >= 0.6 is 23.2 Å². The van der Waals surface area contributed by atoms with Gasteiger partial charge < -0.3 is 9.47 Å². The molecule has 3 fully saturated rings. The van der Waals surface area contributed by atoms with Gasteiger partial charge in [0.25, 0.3) is 0 Å². The number of benzene rings is 1. The van der Waals surface area contributed by atoms with Crippen LogP contribution in [0.1, 0.15) is 12.8 Å². The molecular weight excluding hydrogens is 383 g/mol. The molecular formula is C17H16Cl2N2O5. The Kier molecular flexibility index (Phi) is 4.54. The minimum atomic E-state index is -0.703. The fourth-order valence-electron chi connectivity index (χ4n) is 3.95. The molecule has 0 radical (unpaired) electrons. The third-order valence-electron chi connectivity index (χ3n) is 5.09. The molecule has 2 bridgehead atoms. The Hall–Kier alpha value is -1.83. The number of carbonyl (C=O) groups is 3. The van der Waals surface area contributed by atoms with Gasteiger partial charge in [0, 0.05) is 5.69 Å². The van der Waals surface area contributed by atoms with Gasteiger partial charge in [-0.05, 0) is 31.0 Å². The van der Waals surface area contributed by atoms with E-state index in [0.29, 0.717) is 15.7 Å². The number of anilines is 1. The van der Waals surface area contributed by atoms with Crippen molar-refractivity contribution >= 4 is 46.8 Å². The Morgan fingerprint density at radius 2 is 1.81 bits per heavy atom. The zero-order valence-electron chi connectivity index (χ0n) is 13.6. The van der Waals surface area contributed by atoms with Crippen molar-refractivity contribution in [3.8, 4) is 0 Å². The summed E-state index contributed by atoms with van der Waals surface area (Å²) in [5, 5.41) is 3.19. The molecule has 3 amide bonds. The lowest BCUT2D eigenvalue weighted by Crippen LogP contribution is -2.37. The monoisotopic (exact) mass is 398 g/mol. The lowest BCUT2D eigenvalue weighted by molar-refractivity contribution is -0.143. The summed E-state index contributed by atoms with van der Waals surface area (Å²) in [6.45, 7) is -0.0425. The van der Waals surface area contributed by atoms with E-state index >= 15 is 0 Å². The van der Waals surface area contributed by atoms with Crippen LogP contribution in [0.4, 0.5) is 10.5 Å². The summed E-state index contributed by atoms with van der Waals surface area (Å²) in [4.78, 5) is 38.0. The highest BCUT2D eigenvalue weighted by molar-refractivity contribution is 6.42. The number of fused-ring (bicyclic) bond motifs is 5. The van der Waals surface area contributed by atoms with Crippen LogP contribution in [0.15, 0.2) is 18.2 Å². The number of rotatable bonds is 4. The second-order valence-electron chi connectivity index (χ2n) is 6.56. The van der Waals surface area contributed by atoms with E-state index in [1.54, 1.807) is 12.1 Å². The molecule has 1 N–H and O–H groups in total. The number of hydrogen-bond acceptors (Lipinski definition) is 5. The summed E-state index contributed by atoms with van der Waals surface area (Å²) < 4.78 is 10.7. The average molecular weight is 399 g/mol. The Bertz CT molecular complexity index is 758. The molecule has 9 heteroatoms. The average Bonchev–Trinajstić information content (AvgIpc) is 3.27. The summed E-state index contributed by atoms with van der Waals surface area (Å²) >= 11 is 11.7. The lowest BCUT2D eigenvalue weighted by Gasteiger charge is -2.17. The van der Waals surface area contributed by atoms with Crippen LogP contribution in [-0.2, 0) is 19.1 Å². The van der Waals surface area contributed by atoms with E-state index < -0.39 is 6.09 Å². The quantitative estimate of drug-likeness (QED) is 0.788. The maximum atomic E-state index is 12.5. The van der Waals surface area contributed by atoms with Gasteiger partial charge >= 0.3 is 6.09 Å². The SMILES string of the molecule is O=C(Nc1ccc(Cl)c(Cl)c1)OCCN1C(=O)C2C3CCC(O3)C2C1=O. The number of nitrogens with one attached hydrogen (secondary N) is 1. The van der Waals surface area contributed by atoms with E-state index in [0.717, 1.165) is 12.8 Å². The molecule has 4 atom stereocenters. The molecule has 0 spiro atoms. The highest BCUT2D eigenvalue weighted by atomic mass is 35.5. The van der Waals surface area contributed by atoms with Crippen molar-refractivity contribution in [1.82, 2.24) is 4.90 Å². The molecule has 4 unspecified atom stereocenters. The van der Waals surface area contributed by atoms with Crippen LogP contribution in [-0.4, -0.2) is 48.2 Å². The summed E-state index contributed by atoms with van der Waals surface area (Å²) in [5.74, 6) is -1.18. The number of imide groups is 1. The maximum absolute atomic E-state index is 12.5. The number of likely N-dealkylation sites (tertiary alicyclic amines) is 1. The molecule has 4 rings (SSSR count). The normalized spacial score (nSPS) is 29.2. The van der Waals surface area contributed by atoms with E-state index in [-0.39, 0.29) is 49.0 Å². The maximum Gasteiger partial charge on any atom is 0.411 e. The predicted octanol–water partition coefficient (Wildman–Crippen LogP) is 2.70. The first-order chi connectivity index (χ1) is 12.5. The molecule has 0 aliphatic carbocycles. The van der Waals surface area contributed by atoms with E-state index in [2.05, 4.69) is 5.32 Å². The van der Waals surface area contributed by atoms with Gasteiger partial charge in [0.15, 0.2) is 0 Å². The van der Waals surface area contributed by atoms with Crippen LogP contribution < -0.4 is 5.32 Å².